The summed E-state index contributed by atoms with van der Waals surface area (Å²) in [5, 5.41) is 10.1. The van der Waals surface area contributed by atoms with Crippen LogP contribution in [0.3, 0.4) is 0 Å². The number of benzene rings is 1. The van der Waals surface area contributed by atoms with E-state index >= 15 is 0 Å². The minimum absolute atomic E-state index is 0.00712. The average Bonchev–Trinajstić information content (AvgIpc) is 3.39. The van der Waals surface area contributed by atoms with E-state index < -0.39 is 31.2 Å². The lowest BCUT2D eigenvalue weighted by Crippen LogP contribution is -2.33. The molecular weight excluding hydrogens is 463 g/mol. The molecule has 1 aromatic carbocycles. The Morgan fingerprint density at radius 3 is 2.79 bits per heavy atom. The summed E-state index contributed by atoms with van der Waals surface area (Å²) in [6.07, 6.45) is -4.55. The molecule has 5 rings (SSSR count). The molecule has 34 heavy (non-hydrogen) atoms. The molecular formula is C20H19F5N8O. The number of nitrogens with zero attached hydrogens (tertiary/aromatic N) is 7. The Balaban J connectivity index is 1.64. The average molecular weight is 483 g/mol. The molecule has 1 aliphatic rings. The van der Waals surface area contributed by atoms with Crippen LogP contribution in [0.15, 0.2) is 35.4 Å². The van der Waals surface area contributed by atoms with Gasteiger partial charge >= 0.3 is 6.18 Å². The van der Waals surface area contributed by atoms with Crippen molar-refractivity contribution in [1.82, 2.24) is 34.5 Å². The topological polar surface area (TPSA) is 88.6 Å². The number of aromatic nitrogens is 6. The number of halogens is 5. The van der Waals surface area contributed by atoms with Crippen LogP contribution in [0.25, 0.3) is 27.7 Å². The van der Waals surface area contributed by atoms with E-state index in [2.05, 4.69) is 25.4 Å². The largest absolute Gasteiger partial charge is 0.479 e. The Morgan fingerprint density at radius 2 is 2.12 bits per heavy atom. The lowest BCUT2D eigenvalue weighted by Gasteiger charge is -2.13. The molecule has 1 saturated heterocycles. The van der Waals surface area contributed by atoms with Gasteiger partial charge in [0.1, 0.15) is 23.6 Å². The maximum atomic E-state index is 14.2. The molecule has 0 amide bonds. The van der Waals surface area contributed by atoms with Crippen LogP contribution < -0.4 is 10.4 Å². The zero-order valence-electron chi connectivity index (χ0n) is 18.9. The molecule has 4 aromatic rings. The molecule has 0 saturated carbocycles. The number of hydrogen-bond donors (Lipinski definition) is 1. The second kappa shape index (κ2) is 7.75. The van der Waals surface area contributed by atoms with Gasteiger partial charge in [0, 0.05) is 18.3 Å². The quantitative estimate of drug-likeness (QED) is 0.451. The van der Waals surface area contributed by atoms with Crippen LogP contribution in [-0.4, -0.2) is 79.9 Å². The van der Waals surface area contributed by atoms with Gasteiger partial charge in [-0.25, -0.2) is 18.5 Å². The SMILES string of the molecule is [2H]c1cc(-c2ccc3nnn(CC(F)(F)F)c3c2)c2c(OC)nc(=N[C@@H]3CN(C)CC3(F)F)[nH]n12. The molecule has 3 aromatic heterocycles. The number of hydrogen-bond acceptors (Lipinski definition) is 6. The fourth-order valence-corrected chi connectivity index (χ4v) is 4.04. The van der Waals surface area contributed by atoms with E-state index in [4.69, 9.17) is 6.11 Å². The number of fused-ring (bicyclic) bond motifs is 2. The Kier molecular flexibility index (Phi) is 4.79. The fourth-order valence-electron chi connectivity index (χ4n) is 4.04. The van der Waals surface area contributed by atoms with E-state index in [0.29, 0.717) is 16.6 Å². The molecule has 9 nitrogen and oxygen atoms in total. The summed E-state index contributed by atoms with van der Waals surface area (Å²) in [7, 11) is 2.90. The lowest BCUT2D eigenvalue weighted by atomic mass is 10.1. The van der Waals surface area contributed by atoms with Gasteiger partial charge < -0.3 is 4.74 Å². The van der Waals surface area contributed by atoms with Crippen molar-refractivity contribution >= 4 is 16.6 Å². The molecule has 1 aliphatic heterocycles. The van der Waals surface area contributed by atoms with E-state index in [1.54, 1.807) is 13.1 Å². The van der Waals surface area contributed by atoms with Gasteiger partial charge in [-0.3, -0.25) is 14.5 Å². The number of likely N-dealkylation sites (N-methyl/N-ethyl adjacent to an activating group) is 1. The Bertz CT molecular complexity index is 1490. The molecule has 180 valence electrons. The molecule has 1 atom stereocenters. The van der Waals surface area contributed by atoms with Gasteiger partial charge in [-0.05, 0) is 30.8 Å². The third-order valence-corrected chi connectivity index (χ3v) is 5.52. The Labute approximate surface area is 189 Å². The number of alkyl halides is 5. The maximum absolute atomic E-state index is 14.2. The van der Waals surface area contributed by atoms with Crippen LogP contribution >= 0.6 is 0 Å². The fraction of sp³-hybridized carbons (Fsp3) is 0.400. The van der Waals surface area contributed by atoms with E-state index in [-0.39, 0.29) is 35.2 Å². The second-order valence-electron chi connectivity index (χ2n) is 8.10. The van der Waals surface area contributed by atoms with E-state index in [9.17, 15) is 22.0 Å². The summed E-state index contributed by atoms with van der Waals surface area (Å²) in [5.41, 5.74) is 1.46. The van der Waals surface area contributed by atoms with Crippen molar-refractivity contribution in [2.75, 3.05) is 27.2 Å². The summed E-state index contributed by atoms with van der Waals surface area (Å²) in [4.78, 5) is 9.73. The highest BCUT2D eigenvalue weighted by molar-refractivity contribution is 5.89. The predicted octanol–water partition coefficient (Wildman–Crippen LogP) is 2.50. The summed E-state index contributed by atoms with van der Waals surface area (Å²) in [6.45, 7) is -1.70. The number of aromatic amines is 1. The molecule has 14 heteroatoms. The number of H-pyrrole nitrogens is 1. The Morgan fingerprint density at radius 1 is 1.32 bits per heavy atom. The number of rotatable bonds is 4. The van der Waals surface area contributed by atoms with Crippen molar-refractivity contribution < 1.29 is 28.1 Å². The number of likely N-dealkylation sites (tertiary alicyclic amines) is 1. The van der Waals surface area contributed by atoms with Crippen molar-refractivity contribution in [3.63, 3.8) is 0 Å². The third-order valence-electron chi connectivity index (χ3n) is 5.52. The van der Waals surface area contributed by atoms with Crippen LogP contribution in [0.2, 0.25) is 0 Å². The highest BCUT2D eigenvalue weighted by atomic mass is 19.4. The highest BCUT2D eigenvalue weighted by Crippen LogP contribution is 2.32. The molecule has 0 aliphatic carbocycles. The first kappa shape index (κ1) is 21.0. The summed E-state index contributed by atoms with van der Waals surface area (Å²) in [5.74, 6) is -3.03. The van der Waals surface area contributed by atoms with E-state index in [1.165, 1.54) is 34.7 Å². The van der Waals surface area contributed by atoms with Gasteiger partial charge in [0.15, 0.2) is 0 Å². The molecule has 1 fully saturated rings. The lowest BCUT2D eigenvalue weighted by molar-refractivity contribution is -0.142. The zero-order valence-corrected chi connectivity index (χ0v) is 17.9. The third kappa shape index (κ3) is 3.97. The molecule has 0 spiro atoms. The van der Waals surface area contributed by atoms with E-state index in [1.807, 2.05) is 0 Å². The van der Waals surface area contributed by atoms with Gasteiger partial charge in [0.2, 0.25) is 11.5 Å². The molecule has 0 bridgehead atoms. The second-order valence-corrected chi connectivity index (χ2v) is 8.10. The monoisotopic (exact) mass is 483 g/mol. The number of nitrogens with one attached hydrogen (secondary N) is 1. The van der Waals surface area contributed by atoms with Gasteiger partial charge in [0.05, 0.1) is 20.5 Å². The zero-order chi connectivity index (χ0) is 25.1. The van der Waals surface area contributed by atoms with Crippen LogP contribution in [0.1, 0.15) is 1.37 Å². The van der Waals surface area contributed by atoms with Crippen molar-refractivity contribution in [2.45, 2.75) is 24.7 Å². The summed E-state index contributed by atoms with van der Waals surface area (Å²) in [6, 6.07) is 4.74. The first-order chi connectivity index (χ1) is 16.4. The maximum Gasteiger partial charge on any atom is 0.408 e. The first-order valence-electron chi connectivity index (χ1n) is 10.6. The summed E-state index contributed by atoms with van der Waals surface area (Å²) < 4.78 is 83.0. The predicted molar refractivity (Wildman–Crippen MR) is 110 cm³/mol. The van der Waals surface area contributed by atoms with Gasteiger partial charge in [0.25, 0.3) is 5.92 Å². The van der Waals surface area contributed by atoms with Crippen molar-refractivity contribution in [1.29, 1.82) is 0 Å². The normalized spacial score (nSPS) is 19.9. The van der Waals surface area contributed by atoms with Crippen molar-refractivity contribution in [3.8, 4) is 17.0 Å². The van der Waals surface area contributed by atoms with E-state index in [0.717, 1.165) is 4.68 Å². The molecule has 0 unspecified atom stereocenters. The first-order valence-corrected chi connectivity index (χ1v) is 10.1. The van der Waals surface area contributed by atoms with Crippen LogP contribution in [0.4, 0.5) is 22.0 Å². The van der Waals surface area contributed by atoms with Gasteiger partial charge in [-0.1, -0.05) is 11.3 Å². The van der Waals surface area contributed by atoms with Crippen LogP contribution in [0.5, 0.6) is 5.88 Å². The van der Waals surface area contributed by atoms with Crippen molar-refractivity contribution in [2.24, 2.45) is 4.99 Å². The smallest absolute Gasteiger partial charge is 0.408 e. The van der Waals surface area contributed by atoms with Crippen molar-refractivity contribution in [3.05, 3.63) is 36.1 Å². The minimum Gasteiger partial charge on any atom is -0.479 e. The number of ether oxygens (including phenoxy) is 1. The summed E-state index contributed by atoms with van der Waals surface area (Å²) >= 11 is 0. The standard InChI is InChI=1S/C20H19F5N8O/c1-31-8-15(19(21,22)9-31)26-18-27-17(34-2)16-12(5-6-32(16)29-18)11-3-4-13-14(7-11)33(30-28-13)10-20(23,24)25/h3-7,15H,8-10H2,1-2H3,(H,26,29)/t15-/m1/s1/i6D. The highest BCUT2D eigenvalue weighted by Gasteiger charge is 2.47. The van der Waals surface area contributed by atoms with Gasteiger partial charge in [-0.15, -0.1) is 5.10 Å². The molecule has 1 N–H and O–H groups in total. The number of methoxy groups -OCH3 is 1. The van der Waals surface area contributed by atoms with Gasteiger partial charge in [-0.2, -0.15) is 18.2 Å². The van der Waals surface area contributed by atoms with Crippen LogP contribution in [-0.2, 0) is 6.54 Å². The minimum atomic E-state index is -4.49. The Hall–Kier alpha value is -3.55. The molecule has 4 heterocycles. The van der Waals surface area contributed by atoms with Crippen LogP contribution in [0, 0.1) is 0 Å². The molecule has 0 radical (unpaired) electrons.